The van der Waals surface area contributed by atoms with Gasteiger partial charge in [0, 0.05) is 6.42 Å². The van der Waals surface area contributed by atoms with Crippen LogP contribution in [0.4, 0.5) is 0 Å². The molecule has 0 unspecified atom stereocenters. The molecule has 0 aliphatic heterocycles. The van der Waals surface area contributed by atoms with Crippen LogP contribution in [0, 0.1) is 0 Å². The normalized spacial score (nSPS) is 13.0. The number of hydrogen-bond acceptors (Lipinski definition) is 1. The van der Waals surface area contributed by atoms with Crippen LogP contribution in [0.25, 0.3) is 0 Å². The zero-order chi connectivity index (χ0) is 17.7. The molecule has 0 saturated heterocycles. The summed E-state index contributed by atoms with van der Waals surface area (Å²) in [6, 6.07) is 0. The summed E-state index contributed by atoms with van der Waals surface area (Å²) >= 11 is 0. The first-order valence-corrected chi connectivity index (χ1v) is 8.89. The van der Waals surface area contributed by atoms with Gasteiger partial charge in [-0.1, -0.05) is 79.8 Å². The molecule has 2 heteroatoms. The number of carboxylic acids is 1. The molecule has 24 heavy (non-hydrogen) atoms. The molecule has 0 aromatic rings. The molecular formula is C22H32O2. The molecule has 0 atom stereocenters. The fourth-order valence-corrected chi connectivity index (χ4v) is 1.85. The summed E-state index contributed by atoms with van der Waals surface area (Å²) < 4.78 is 0. The molecule has 0 rings (SSSR count). The van der Waals surface area contributed by atoms with E-state index in [9.17, 15) is 4.79 Å². The molecule has 0 fully saturated rings. The molecule has 0 heterocycles. The van der Waals surface area contributed by atoms with Crippen molar-refractivity contribution in [2.75, 3.05) is 0 Å². The average Bonchev–Trinajstić information content (AvgIpc) is 2.56. The van der Waals surface area contributed by atoms with E-state index in [1.807, 2.05) is 12.2 Å². The van der Waals surface area contributed by atoms with Gasteiger partial charge in [0.1, 0.15) is 0 Å². The van der Waals surface area contributed by atoms with Crippen LogP contribution in [0.3, 0.4) is 0 Å². The zero-order valence-electron chi connectivity index (χ0n) is 14.9. The van der Waals surface area contributed by atoms with E-state index in [0.717, 1.165) is 38.5 Å². The lowest BCUT2D eigenvalue weighted by molar-refractivity contribution is -0.136. The van der Waals surface area contributed by atoms with Crippen LogP contribution in [0.5, 0.6) is 0 Å². The van der Waals surface area contributed by atoms with Gasteiger partial charge in [0.05, 0.1) is 0 Å². The van der Waals surface area contributed by atoms with Crippen LogP contribution in [-0.4, -0.2) is 11.1 Å². The van der Waals surface area contributed by atoms with Gasteiger partial charge >= 0.3 is 5.97 Å². The molecule has 0 bridgehead atoms. The lowest BCUT2D eigenvalue weighted by Crippen LogP contribution is -1.91. The molecule has 1 N–H and O–H groups in total. The van der Waals surface area contributed by atoms with Crippen molar-refractivity contribution in [1.29, 1.82) is 0 Å². The van der Waals surface area contributed by atoms with Crippen LogP contribution >= 0.6 is 0 Å². The molecule has 0 saturated carbocycles. The van der Waals surface area contributed by atoms with Crippen LogP contribution in [-0.2, 0) is 4.79 Å². The van der Waals surface area contributed by atoms with Crippen molar-refractivity contribution in [3.8, 4) is 0 Å². The third-order valence-corrected chi connectivity index (χ3v) is 3.12. The molecular weight excluding hydrogens is 296 g/mol. The second-order valence-corrected chi connectivity index (χ2v) is 5.35. The summed E-state index contributed by atoms with van der Waals surface area (Å²) in [4.78, 5) is 10.3. The van der Waals surface area contributed by atoms with Gasteiger partial charge < -0.3 is 5.11 Å². The molecule has 0 aliphatic rings. The Hall–Kier alpha value is -2.09. The molecule has 0 amide bonds. The molecule has 0 spiro atoms. The van der Waals surface area contributed by atoms with Gasteiger partial charge in [-0.15, -0.1) is 0 Å². The van der Waals surface area contributed by atoms with Crippen molar-refractivity contribution in [1.82, 2.24) is 0 Å². The topological polar surface area (TPSA) is 37.3 Å². The van der Waals surface area contributed by atoms with E-state index in [-0.39, 0.29) is 6.42 Å². The Morgan fingerprint density at radius 3 is 1.29 bits per heavy atom. The first-order chi connectivity index (χ1) is 11.8. The smallest absolute Gasteiger partial charge is 0.303 e. The molecule has 132 valence electrons. The van der Waals surface area contributed by atoms with E-state index in [1.54, 1.807) is 0 Å². The van der Waals surface area contributed by atoms with E-state index >= 15 is 0 Å². The Morgan fingerprint density at radius 2 is 0.958 bits per heavy atom. The number of hydrogen-bond donors (Lipinski definition) is 1. The van der Waals surface area contributed by atoms with Crippen LogP contribution in [0.1, 0.15) is 58.3 Å². The van der Waals surface area contributed by atoms with Crippen molar-refractivity contribution >= 4 is 5.97 Å². The van der Waals surface area contributed by atoms with Gasteiger partial charge in [-0.3, -0.25) is 4.79 Å². The summed E-state index contributed by atoms with van der Waals surface area (Å²) in [5.74, 6) is -0.741. The minimum Gasteiger partial charge on any atom is -0.481 e. The summed E-state index contributed by atoms with van der Waals surface area (Å²) in [5.41, 5.74) is 0. The van der Waals surface area contributed by atoms with Crippen molar-refractivity contribution in [2.24, 2.45) is 0 Å². The minimum atomic E-state index is -0.741. The highest BCUT2D eigenvalue weighted by molar-refractivity contribution is 5.66. The molecule has 0 aromatic heterocycles. The van der Waals surface area contributed by atoms with Crippen molar-refractivity contribution in [3.63, 3.8) is 0 Å². The summed E-state index contributed by atoms with van der Waals surface area (Å²) in [6.45, 7) is 2.15. The van der Waals surface area contributed by atoms with Crippen LogP contribution in [0.15, 0.2) is 72.9 Å². The predicted octanol–water partition coefficient (Wildman–Crippen LogP) is 6.55. The lowest BCUT2D eigenvalue weighted by atomic mass is 10.2. The Labute approximate surface area is 147 Å². The number of rotatable bonds is 14. The maximum Gasteiger partial charge on any atom is 0.303 e. The Morgan fingerprint density at radius 1 is 0.625 bits per heavy atom. The number of carbonyl (C=O) groups is 1. The quantitative estimate of drug-likeness (QED) is 0.367. The van der Waals surface area contributed by atoms with Gasteiger partial charge in [0.15, 0.2) is 0 Å². The summed E-state index contributed by atoms with van der Waals surface area (Å²) in [7, 11) is 0. The summed E-state index contributed by atoms with van der Waals surface area (Å²) in [5, 5.41) is 8.49. The van der Waals surface area contributed by atoms with E-state index in [1.165, 1.54) is 0 Å². The van der Waals surface area contributed by atoms with Gasteiger partial charge in [-0.2, -0.15) is 0 Å². The average molecular weight is 328 g/mol. The molecule has 2 nitrogen and oxygen atoms in total. The van der Waals surface area contributed by atoms with E-state index in [0.29, 0.717) is 6.42 Å². The number of allylic oxidation sites excluding steroid dienone is 12. The highest BCUT2D eigenvalue weighted by Crippen LogP contribution is 1.97. The Balaban J connectivity index is 3.51. The van der Waals surface area contributed by atoms with Crippen LogP contribution in [0.2, 0.25) is 0 Å². The highest BCUT2D eigenvalue weighted by Gasteiger charge is 1.90. The van der Waals surface area contributed by atoms with Gasteiger partial charge in [0.2, 0.25) is 0 Å². The molecule has 0 aromatic carbocycles. The second kappa shape index (κ2) is 19.0. The highest BCUT2D eigenvalue weighted by atomic mass is 16.4. The number of carboxylic acid groups (broad SMARTS) is 1. The van der Waals surface area contributed by atoms with Crippen molar-refractivity contribution < 1.29 is 9.90 Å². The van der Waals surface area contributed by atoms with E-state index in [2.05, 4.69) is 67.7 Å². The standard InChI is InChI=1S/C22H32O2/c1-2-3-4-5-6-7-8-9-10-11-12-13-14-15-16-17-18-19-20-21-22(23)24/h3-4,6-7,9-10,12-13,15-16,18-19H,2,5,8,11,14,17,20-21H2,1H3,(H,23,24)/b4-3-,7-6+,10-9-,13-12-,16-15+,19-18+. The van der Waals surface area contributed by atoms with Gasteiger partial charge in [0.25, 0.3) is 0 Å². The monoisotopic (exact) mass is 328 g/mol. The summed E-state index contributed by atoms with van der Waals surface area (Å²) in [6.07, 6.45) is 32.5. The lowest BCUT2D eigenvalue weighted by Gasteiger charge is -1.87. The van der Waals surface area contributed by atoms with Crippen LogP contribution < -0.4 is 0 Å². The third kappa shape index (κ3) is 19.9. The fraction of sp³-hybridized carbons (Fsp3) is 0.409. The molecule has 0 aliphatic carbocycles. The Bertz CT molecular complexity index is 462. The van der Waals surface area contributed by atoms with Gasteiger partial charge in [-0.05, 0) is 44.9 Å². The molecule has 0 radical (unpaired) electrons. The first kappa shape index (κ1) is 21.9. The zero-order valence-corrected chi connectivity index (χ0v) is 14.9. The predicted molar refractivity (Wildman–Crippen MR) is 105 cm³/mol. The Kier molecular flexibility index (Phi) is 17.3. The maximum absolute atomic E-state index is 10.3. The van der Waals surface area contributed by atoms with E-state index < -0.39 is 5.97 Å². The third-order valence-electron chi connectivity index (χ3n) is 3.12. The minimum absolute atomic E-state index is 0.210. The first-order valence-electron chi connectivity index (χ1n) is 8.89. The van der Waals surface area contributed by atoms with Crippen molar-refractivity contribution in [3.05, 3.63) is 72.9 Å². The fourth-order valence-electron chi connectivity index (χ4n) is 1.85. The van der Waals surface area contributed by atoms with Crippen molar-refractivity contribution in [2.45, 2.75) is 58.3 Å². The largest absolute Gasteiger partial charge is 0.481 e. The maximum atomic E-state index is 10.3. The van der Waals surface area contributed by atoms with E-state index in [4.69, 9.17) is 5.11 Å². The number of aliphatic carboxylic acids is 1. The SMILES string of the molecule is CC/C=C\C/C=C/C/C=C\C/C=C\C/C=C/C/C=C/CCC(=O)O. The second-order valence-electron chi connectivity index (χ2n) is 5.35. The van der Waals surface area contributed by atoms with Gasteiger partial charge in [-0.25, -0.2) is 0 Å².